The second-order valence-corrected chi connectivity index (χ2v) is 5.61. The highest BCUT2D eigenvalue weighted by molar-refractivity contribution is 7.09. The Morgan fingerprint density at radius 1 is 1.62 bits per heavy atom. The molecule has 1 aromatic heterocycles. The molecule has 1 unspecified atom stereocenters. The van der Waals surface area contributed by atoms with E-state index in [2.05, 4.69) is 41.5 Å². The molecule has 90 valence electrons. The fourth-order valence-electron chi connectivity index (χ4n) is 2.58. The van der Waals surface area contributed by atoms with Gasteiger partial charge in [0.05, 0.1) is 5.54 Å². The van der Waals surface area contributed by atoms with Gasteiger partial charge in [-0.1, -0.05) is 6.92 Å². The van der Waals surface area contributed by atoms with E-state index in [1.54, 1.807) is 11.3 Å². The molecule has 0 bridgehead atoms. The summed E-state index contributed by atoms with van der Waals surface area (Å²) in [6, 6.07) is 0. The molecule has 1 N–H and O–H groups in total. The smallest absolute Gasteiger partial charge is 0.114 e. The van der Waals surface area contributed by atoms with E-state index in [1.807, 2.05) is 0 Å². The third kappa shape index (κ3) is 2.29. The van der Waals surface area contributed by atoms with E-state index in [1.165, 1.54) is 24.4 Å². The van der Waals surface area contributed by atoms with Crippen molar-refractivity contribution in [2.75, 3.05) is 26.7 Å². The van der Waals surface area contributed by atoms with E-state index in [0.29, 0.717) is 0 Å². The number of nitrogens with zero attached hydrogens (tertiary/aromatic N) is 2. The summed E-state index contributed by atoms with van der Waals surface area (Å²) in [5.41, 5.74) is 1.24. The van der Waals surface area contributed by atoms with Crippen molar-refractivity contribution >= 4 is 11.3 Å². The van der Waals surface area contributed by atoms with Crippen LogP contribution in [0.4, 0.5) is 0 Å². The lowest BCUT2D eigenvalue weighted by Gasteiger charge is -2.40. The minimum atomic E-state index is 0.0979. The Kier molecular flexibility index (Phi) is 3.62. The third-order valence-corrected chi connectivity index (χ3v) is 4.39. The Hall–Kier alpha value is -0.450. The monoisotopic (exact) mass is 239 g/mol. The van der Waals surface area contributed by atoms with Crippen LogP contribution in [-0.2, 0) is 5.54 Å². The van der Waals surface area contributed by atoms with Gasteiger partial charge in [0.15, 0.2) is 0 Å². The summed E-state index contributed by atoms with van der Waals surface area (Å²) in [5, 5.41) is 7.08. The van der Waals surface area contributed by atoms with Crippen LogP contribution in [0.3, 0.4) is 0 Å². The summed E-state index contributed by atoms with van der Waals surface area (Å²) in [6.45, 7) is 7.54. The molecule has 1 saturated heterocycles. The summed E-state index contributed by atoms with van der Waals surface area (Å²) in [6.07, 6.45) is 2.46. The number of thiazole rings is 1. The Balaban J connectivity index is 2.27. The predicted octanol–water partition coefficient (Wildman–Crippen LogP) is 1.98. The van der Waals surface area contributed by atoms with Gasteiger partial charge >= 0.3 is 0 Å². The number of likely N-dealkylation sites (N-methyl/N-ethyl adjacent to an activating group) is 2. The summed E-state index contributed by atoms with van der Waals surface area (Å²) >= 11 is 1.80. The maximum absolute atomic E-state index is 4.69. The van der Waals surface area contributed by atoms with Crippen LogP contribution in [0.1, 0.15) is 30.5 Å². The Morgan fingerprint density at radius 3 is 3.00 bits per heavy atom. The molecule has 0 aliphatic carbocycles. The largest absolute Gasteiger partial charge is 0.305 e. The number of aromatic nitrogens is 1. The topological polar surface area (TPSA) is 28.2 Å². The molecular weight excluding hydrogens is 218 g/mol. The van der Waals surface area contributed by atoms with Gasteiger partial charge in [0.2, 0.25) is 0 Å². The Labute approximate surface area is 102 Å². The number of piperidine rings is 1. The number of hydrogen-bond donors (Lipinski definition) is 1. The van der Waals surface area contributed by atoms with Crippen molar-refractivity contribution < 1.29 is 0 Å². The normalized spacial score (nSPS) is 27.2. The van der Waals surface area contributed by atoms with E-state index in [4.69, 9.17) is 0 Å². The molecule has 1 aromatic rings. The van der Waals surface area contributed by atoms with E-state index < -0.39 is 0 Å². The molecule has 1 fully saturated rings. The lowest BCUT2D eigenvalue weighted by molar-refractivity contribution is 0.145. The molecule has 2 heterocycles. The summed E-state index contributed by atoms with van der Waals surface area (Å²) < 4.78 is 0. The lowest BCUT2D eigenvalue weighted by Crippen LogP contribution is -2.53. The number of likely N-dealkylation sites (tertiary alicyclic amines) is 1. The maximum atomic E-state index is 4.69. The summed E-state index contributed by atoms with van der Waals surface area (Å²) in [5.74, 6) is 0. The third-order valence-electron chi connectivity index (χ3n) is 3.23. The number of aryl methyl sites for hydroxylation is 1. The fraction of sp³-hybridized carbons (Fsp3) is 0.750. The SMILES string of the molecule is CCNC1(c2nc(C)cs2)CCCN(C)C1. The van der Waals surface area contributed by atoms with Gasteiger partial charge in [-0.15, -0.1) is 11.3 Å². The molecule has 4 heteroatoms. The summed E-state index contributed by atoms with van der Waals surface area (Å²) in [7, 11) is 2.20. The molecule has 16 heavy (non-hydrogen) atoms. The first-order valence-corrected chi connectivity index (χ1v) is 6.90. The molecule has 2 rings (SSSR count). The van der Waals surface area contributed by atoms with E-state index in [-0.39, 0.29) is 5.54 Å². The second-order valence-electron chi connectivity index (χ2n) is 4.75. The van der Waals surface area contributed by atoms with Gasteiger partial charge in [0.25, 0.3) is 0 Å². The molecular formula is C12H21N3S. The molecule has 0 saturated carbocycles. The molecule has 1 aliphatic rings. The molecule has 1 atom stereocenters. The van der Waals surface area contributed by atoms with Crippen LogP contribution in [0.2, 0.25) is 0 Å². The predicted molar refractivity (Wildman–Crippen MR) is 68.9 cm³/mol. The van der Waals surface area contributed by atoms with Gasteiger partial charge in [-0.3, -0.25) is 0 Å². The standard InChI is InChI=1S/C12H21N3S/c1-4-13-12(6-5-7-15(3)9-12)11-14-10(2)8-16-11/h8,13H,4-7,9H2,1-3H3. The molecule has 0 radical (unpaired) electrons. The van der Waals surface area contributed by atoms with E-state index >= 15 is 0 Å². The van der Waals surface area contributed by atoms with Crippen molar-refractivity contribution in [2.45, 2.75) is 32.2 Å². The number of rotatable bonds is 3. The first-order valence-electron chi connectivity index (χ1n) is 6.02. The minimum absolute atomic E-state index is 0.0979. The average Bonchev–Trinajstić information content (AvgIpc) is 2.66. The van der Waals surface area contributed by atoms with Crippen LogP contribution in [0, 0.1) is 6.92 Å². The van der Waals surface area contributed by atoms with Gasteiger partial charge in [0, 0.05) is 17.6 Å². The highest BCUT2D eigenvalue weighted by atomic mass is 32.1. The van der Waals surface area contributed by atoms with Crippen LogP contribution in [0.15, 0.2) is 5.38 Å². The first kappa shape index (κ1) is 12.0. The van der Waals surface area contributed by atoms with Crippen LogP contribution >= 0.6 is 11.3 Å². The Bertz CT molecular complexity index is 346. The highest BCUT2D eigenvalue weighted by Gasteiger charge is 2.37. The van der Waals surface area contributed by atoms with Gasteiger partial charge in [-0.2, -0.15) is 0 Å². The summed E-state index contributed by atoms with van der Waals surface area (Å²) in [4.78, 5) is 7.09. The zero-order chi connectivity index (χ0) is 11.6. The Morgan fingerprint density at radius 2 is 2.44 bits per heavy atom. The van der Waals surface area contributed by atoms with Gasteiger partial charge in [-0.25, -0.2) is 4.98 Å². The van der Waals surface area contributed by atoms with Crippen molar-refractivity contribution in [3.8, 4) is 0 Å². The molecule has 0 amide bonds. The minimum Gasteiger partial charge on any atom is -0.305 e. The van der Waals surface area contributed by atoms with E-state index in [0.717, 1.165) is 18.8 Å². The zero-order valence-corrected chi connectivity index (χ0v) is 11.2. The van der Waals surface area contributed by atoms with Crippen molar-refractivity contribution in [3.63, 3.8) is 0 Å². The maximum Gasteiger partial charge on any atom is 0.114 e. The van der Waals surface area contributed by atoms with Crippen molar-refractivity contribution in [1.29, 1.82) is 0 Å². The quantitative estimate of drug-likeness (QED) is 0.874. The highest BCUT2D eigenvalue weighted by Crippen LogP contribution is 2.33. The van der Waals surface area contributed by atoms with Crippen LogP contribution in [0.5, 0.6) is 0 Å². The zero-order valence-electron chi connectivity index (χ0n) is 10.4. The van der Waals surface area contributed by atoms with Gasteiger partial charge < -0.3 is 10.2 Å². The molecule has 0 spiro atoms. The van der Waals surface area contributed by atoms with Crippen molar-refractivity contribution in [2.24, 2.45) is 0 Å². The average molecular weight is 239 g/mol. The first-order chi connectivity index (χ1) is 7.66. The van der Waals surface area contributed by atoms with E-state index in [9.17, 15) is 0 Å². The van der Waals surface area contributed by atoms with Gasteiger partial charge in [0.1, 0.15) is 5.01 Å². The van der Waals surface area contributed by atoms with Crippen LogP contribution < -0.4 is 5.32 Å². The molecule has 1 aliphatic heterocycles. The number of nitrogens with one attached hydrogen (secondary N) is 1. The molecule has 0 aromatic carbocycles. The van der Waals surface area contributed by atoms with Gasteiger partial charge in [-0.05, 0) is 39.9 Å². The fourth-order valence-corrected chi connectivity index (χ4v) is 3.57. The van der Waals surface area contributed by atoms with Crippen molar-refractivity contribution in [1.82, 2.24) is 15.2 Å². The number of hydrogen-bond acceptors (Lipinski definition) is 4. The van der Waals surface area contributed by atoms with Crippen LogP contribution in [0.25, 0.3) is 0 Å². The van der Waals surface area contributed by atoms with Crippen molar-refractivity contribution in [3.05, 3.63) is 16.1 Å². The second kappa shape index (κ2) is 4.82. The lowest BCUT2D eigenvalue weighted by atomic mass is 9.89. The van der Waals surface area contributed by atoms with Crippen LogP contribution in [-0.4, -0.2) is 36.6 Å². The molecule has 3 nitrogen and oxygen atoms in total.